The van der Waals surface area contributed by atoms with Crippen molar-refractivity contribution in [3.05, 3.63) is 0 Å². The Labute approximate surface area is 134 Å². The lowest BCUT2D eigenvalue weighted by molar-refractivity contribution is -0.378. The highest BCUT2D eigenvalue weighted by atomic mass is 16.5. The van der Waals surface area contributed by atoms with Gasteiger partial charge < -0.3 is 61.3 Å². The van der Waals surface area contributed by atoms with Crippen LogP contribution in [-0.2, 0) is 0 Å². The standard InChI is InChI=1S/C12H22O12/c13-1-3(15)7(19)11(23,8(20)4(1)16)12(24)9(21)5(17)2(14)6(18)10(12)22/h1-10,13-24H/t1?,2?,3-,4+,5-,6+,7-,8-,9-,10-,11?,12?/m1/s1. The zero-order chi connectivity index (χ0) is 18.8. The Kier molecular flexibility index (Phi) is 5.00. The fourth-order valence-electron chi connectivity index (χ4n) is 3.49. The summed E-state index contributed by atoms with van der Waals surface area (Å²) < 4.78 is 0. The topological polar surface area (TPSA) is 243 Å². The monoisotopic (exact) mass is 358 g/mol. The van der Waals surface area contributed by atoms with Gasteiger partial charge in [-0.25, -0.2) is 0 Å². The lowest BCUT2D eigenvalue weighted by Crippen LogP contribution is -2.87. The van der Waals surface area contributed by atoms with Crippen molar-refractivity contribution in [3.63, 3.8) is 0 Å². The van der Waals surface area contributed by atoms with E-state index in [1.165, 1.54) is 0 Å². The number of aliphatic hydroxyl groups is 12. The minimum Gasteiger partial charge on any atom is -0.387 e. The molecule has 0 aromatic rings. The van der Waals surface area contributed by atoms with Gasteiger partial charge in [0.1, 0.15) is 61.0 Å². The summed E-state index contributed by atoms with van der Waals surface area (Å²) in [5, 5.41) is 119. The largest absolute Gasteiger partial charge is 0.387 e. The van der Waals surface area contributed by atoms with Gasteiger partial charge in [-0.1, -0.05) is 0 Å². The highest BCUT2D eigenvalue weighted by Gasteiger charge is 2.74. The highest BCUT2D eigenvalue weighted by Crippen LogP contribution is 2.45. The average molecular weight is 358 g/mol. The Morgan fingerprint density at radius 1 is 0.333 bits per heavy atom. The lowest BCUT2D eigenvalue weighted by atomic mass is 9.58. The van der Waals surface area contributed by atoms with Crippen LogP contribution in [-0.4, -0.2) is 134 Å². The first-order chi connectivity index (χ1) is 10.8. The minimum absolute atomic E-state index is 2.16. The SMILES string of the molecule is OC1[C@@H](O)[C@@H](O)C(O)(C2(O)[C@H](O)[C@H](O)C(O)[C@H](O)[C@H]2O)[C@H](O)[C@H]1O. The van der Waals surface area contributed by atoms with Crippen molar-refractivity contribution in [2.24, 2.45) is 0 Å². The Bertz CT molecular complexity index is 399. The van der Waals surface area contributed by atoms with E-state index in [1.54, 1.807) is 0 Å². The van der Waals surface area contributed by atoms with E-state index in [4.69, 9.17) is 0 Å². The van der Waals surface area contributed by atoms with Crippen LogP contribution in [0.25, 0.3) is 0 Å². The van der Waals surface area contributed by atoms with Crippen molar-refractivity contribution < 1.29 is 61.3 Å². The molecule has 0 amide bonds. The summed E-state index contributed by atoms with van der Waals surface area (Å²) in [7, 11) is 0. The van der Waals surface area contributed by atoms with E-state index in [0.717, 1.165) is 0 Å². The molecule has 2 fully saturated rings. The second-order valence-electron chi connectivity index (χ2n) is 6.37. The molecule has 2 aliphatic rings. The first-order valence-electron chi connectivity index (χ1n) is 7.10. The first-order valence-corrected chi connectivity index (χ1v) is 7.10. The van der Waals surface area contributed by atoms with E-state index >= 15 is 0 Å². The molecule has 4 unspecified atom stereocenters. The number of hydrogen-bond acceptors (Lipinski definition) is 12. The molecule has 2 aliphatic carbocycles. The van der Waals surface area contributed by atoms with Gasteiger partial charge in [-0.2, -0.15) is 0 Å². The Morgan fingerprint density at radius 3 is 0.667 bits per heavy atom. The van der Waals surface area contributed by atoms with Crippen LogP contribution in [0.1, 0.15) is 0 Å². The molecule has 0 aliphatic heterocycles. The summed E-state index contributed by atoms with van der Waals surface area (Å²) in [6, 6.07) is 0. The maximum absolute atomic E-state index is 10.6. The zero-order valence-corrected chi connectivity index (χ0v) is 12.1. The van der Waals surface area contributed by atoms with E-state index in [2.05, 4.69) is 0 Å². The summed E-state index contributed by atoms with van der Waals surface area (Å²) in [5.74, 6) is 0. The maximum Gasteiger partial charge on any atom is 0.155 e. The van der Waals surface area contributed by atoms with Crippen molar-refractivity contribution in [1.29, 1.82) is 0 Å². The second kappa shape index (κ2) is 6.05. The fraction of sp³-hybridized carbons (Fsp3) is 1.00. The molecule has 2 saturated carbocycles. The third-order valence-electron chi connectivity index (χ3n) is 5.14. The number of rotatable bonds is 1. The van der Waals surface area contributed by atoms with Crippen LogP contribution in [0, 0.1) is 0 Å². The van der Waals surface area contributed by atoms with Gasteiger partial charge >= 0.3 is 0 Å². The summed E-state index contributed by atoms with van der Waals surface area (Å²) in [6.45, 7) is 0. The quantitative estimate of drug-likeness (QED) is 0.209. The average Bonchev–Trinajstić information content (AvgIpc) is 2.57. The van der Waals surface area contributed by atoms with Crippen molar-refractivity contribution in [1.82, 2.24) is 0 Å². The van der Waals surface area contributed by atoms with Crippen molar-refractivity contribution in [2.75, 3.05) is 0 Å². The molecule has 24 heavy (non-hydrogen) atoms. The first kappa shape index (κ1) is 19.8. The van der Waals surface area contributed by atoms with Crippen LogP contribution >= 0.6 is 0 Å². The number of aliphatic hydroxyl groups excluding tert-OH is 10. The maximum atomic E-state index is 10.6. The van der Waals surface area contributed by atoms with E-state index in [-0.39, 0.29) is 0 Å². The molecule has 12 atom stereocenters. The molecule has 0 radical (unpaired) electrons. The minimum atomic E-state index is -3.51. The van der Waals surface area contributed by atoms with Crippen LogP contribution in [0.5, 0.6) is 0 Å². The summed E-state index contributed by atoms with van der Waals surface area (Å²) >= 11 is 0. The molecular formula is C12H22O12. The molecule has 142 valence electrons. The number of hydrogen-bond donors (Lipinski definition) is 12. The summed E-state index contributed by atoms with van der Waals surface area (Å²) in [5.41, 5.74) is -7.02. The van der Waals surface area contributed by atoms with Gasteiger partial charge in [-0.05, 0) is 0 Å². The van der Waals surface area contributed by atoms with Crippen LogP contribution < -0.4 is 0 Å². The fourth-order valence-corrected chi connectivity index (χ4v) is 3.49. The molecule has 0 aromatic carbocycles. The predicted octanol–water partition coefficient (Wildman–Crippen LogP) is -7.92. The van der Waals surface area contributed by atoms with Crippen LogP contribution in [0.15, 0.2) is 0 Å². The van der Waals surface area contributed by atoms with Crippen molar-refractivity contribution in [3.8, 4) is 0 Å². The van der Waals surface area contributed by atoms with Gasteiger partial charge in [-0.3, -0.25) is 0 Å². The molecular weight excluding hydrogens is 336 g/mol. The van der Waals surface area contributed by atoms with Gasteiger partial charge in [0.05, 0.1) is 0 Å². The molecule has 0 spiro atoms. The molecule has 0 bridgehead atoms. The van der Waals surface area contributed by atoms with Crippen LogP contribution in [0.4, 0.5) is 0 Å². The van der Waals surface area contributed by atoms with Gasteiger partial charge in [-0.15, -0.1) is 0 Å². The summed E-state index contributed by atoms with van der Waals surface area (Å²) in [6.07, 6.45) is -24.2. The molecule has 0 heterocycles. The molecule has 2 rings (SSSR count). The zero-order valence-electron chi connectivity index (χ0n) is 12.1. The van der Waals surface area contributed by atoms with Gasteiger partial charge in [0, 0.05) is 0 Å². The molecule has 0 saturated heterocycles. The molecule has 12 nitrogen and oxygen atoms in total. The normalized spacial score (nSPS) is 62.5. The Balaban J connectivity index is 2.60. The van der Waals surface area contributed by atoms with E-state index in [1.807, 2.05) is 0 Å². The van der Waals surface area contributed by atoms with Crippen LogP contribution in [0.2, 0.25) is 0 Å². The van der Waals surface area contributed by atoms with Gasteiger partial charge in [0.15, 0.2) is 11.2 Å². The van der Waals surface area contributed by atoms with Gasteiger partial charge in [0.25, 0.3) is 0 Å². The molecule has 12 N–H and O–H groups in total. The predicted molar refractivity (Wildman–Crippen MR) is 70.0 cm³/mol. The smallest absolute Gasteiger partial charge is 0.155 e. The van der Waals surface area contributed by atoms with E-state index < -0.39 is 72.2 Å². The highest BCUT2D eigenvalue weighted by molar-refractivity contribution is 5.25. The van der Waals surface area contributed by atoms with Crippen LogP contribution in [0.3, 0.4) is 0 Å². The third kappa shape index (κ3) is 2.18. The Hall–Kier alpha value is -0.480. The summed E-state index contributed by atoms with van der Waals surface area (Å²) in [4.78, 5) is 0. The lowest BCUT2D eigenvalue weighted by Gasteiger charge is -2.60. The van der Waals surface area contributed by atoms with E-state index in [0.29, 0.717) is 0 Å². The molecule has 0 aromatic heterocycles. The van der Waals surface area contributed by atoms with Crippen molar-refractivity contribution in [2.45, 2.75) is 72.2 Å². The van der Waals surface area contributed by atoms with Crippen molar-refractivity contribution >= 4 is 0 Å². The van der Waals surface area contributed by atoms with E-state index in [9.17, 15) is 61.3 Å². The second-order valence-corrected chi connectivity index (χ2v) is 6.37. The Morgan fingerprint density at radius 2 is 0.500 bits per heavy atom. The third-order valence-corrected chi connectivity index (χ3v) is 5.14. The molecule has 12 heteroatoms. The van der Waals surface area contributed by atoms with Gasteiger partial charge in [0.2, 0.25) is 0 Å².